The summed E-state index contributed by atoms with van der Waals surface area (Å²) in [5.74, 6) is 1.46. The van der Waals surface area contributed by atoms with Gasteiger partial charge in [0.1, 0.15) is 0 Å². The van der Waals surface area contributed by atoms with E-state index in [1.54, 1.807) is 18.2 Å². The van der Waals surface area contributed by atoms with Crippen LogP contribution in [0.1, 0.15) is 15.9 Å². The smallest absolute Gasteiger partial charge is 0.269 e. The number of hydrogen-bond donors (Lipinski definition) is 2. The van der Waals surface area contributed by atoms with E-state index in [4.69, 9.17) is 9.47 Å². The van der Waals surface area contributed by atoms with Crippen LogP contribution < -0.4 is 20.3 Å². The average molecular weight is 344 g/mol. The molecule has 3 rings (SSSR count). The van der Waals surface area contributed by atoms with Crippen molar-refractivity contribution in [2.45, 2.75) is 5.75 Å². The zero-order chi connectivity index (χ0) is 16.8. The Morgan fingerprint density at radius 3 is 2.62 bits per heavy atom. The highest BCUT2D eigenvalue weighted by Crippen LogP contribution is 2.32. The van der Waals surface area contributed by atoms with Gasteiger partial charge in [-0.05, 0) is 23.8 Å². The molecule has 2 aromatic rings. The minimum atomic E-state index is -0.408. The van der Waals surface area contributed by atoms with Gasteiger partial charge in [-0.15, -0.1) is 11.8 Å². The second-order valence-electron chi connectivity index (χ2n) is 5.05. The minimum absolute atomic E-state index is 0.149. The van der Waals surface area contributed by atoms with Gasteiger partial charge >= 0.3 is 0 Å². The number of nitrogens with one attached hydrogen (secondary N) is 2. The van der Waals surface area contributed by atoms with Crippen molar-refractivity contribution < 1.29 is 19.1 Å². The van der Waals surface area contributed by atoms with Crippen molar-refractivity contribution in [2.24, 2.45) is 0 Å². The van der Waals surface area contributed by atoms with E-state index in [1.165, 1.54) is 11.8 Å². The summed E-state index contributed by atoms with van der Waals surface area (Å²) in [6, 6.07) is 14.7. The van der Waals surface area contributed by atoms with Crippen molar-refractivity contribution in [1.29, 1.82) is 0 Å². The van der Waals surface area contributed by atoms with Gasteiger partial charge in [-0.25, -0.2) is 0 Å². The molecule has 0 aromatic heterocycles. The number of fused-ring (bicyclic) bond motifs is 1. The Hall–Kier alpha value is -2.67. The molecular weight excluding hydrogens is 328 g/mol. The minimum Gasteiger partial charge on any atom is -0.454 e. The Labute approximate surface area is 143 Å². The predicted molar refractivity (Wildman–Crippen MR) is 90.8 cm³/mol. The molecule has 0 spiro atoms. The lowest BCUT2D eigenvalue weighted by molar-refractivity contribution is -0.119. The maximum absolute atomic E-state index is 12.0. The molecule has 1 aliphatic rings. The summed E-state index contributed by atoms with van der Waals surface area (Å²) in [5.41, 5.74) is 6.33. The summed E-state index contributed by atoms with van der Waals surface area (Å²) in [5, 5.41) is 0. The van der Waals surface area contributed by atoms with Gasteiger partial charge < -0.3 is 9.47 Å². The van der Waals surface area contributed by atoms with E-state index < -0.39 is 5.91 Å². The van der Waals surface area contributed by atoms with Gasteiger partial charge in [0.2, 0.25) is 12.7 Å². The fourth-order valence-corrected chi connectivity index (χ4v) is 2.90. The summed E-state index contributed by atoms with van der Waals surface area (Å²) in [6.07, 6.45) is 0. The highest BCUT2D eigenvalue weighted by molar-refractivity contribution is 7.99. The molecule has 1 aliphatic heterocycles. The third-order valence-corrected chi connectivity index (χ3v) is 4.30. The zero-order valence-corrected chi connectivity index (χ0v) is 13.6. The van der Waals surface area contributed by atoms with Crippen LogP contribution in [0.15, 0.2) is 48.5 Å². The van der Waals surface area contributed by atoms with E-state index in [2.05, 4.69) is 10.9 Å². The molecule has 0 fully saturated rings. The Morgan fingerprint density at radius 2 is 1.79 bits per heavy atom. The number of hydrogen-bond acceptors (Lipinski definition) is 5. The van der Waals surface area contributed by atoms with Crippen LogP contribution in [0.25, 0.3) is 0 Å². The van der Waals surface area contributed by atoms with Crippen LogP contribution >= 0.6 is 11.8 Å². The van der Waals surface area contributed by atoms with Crippen molar-refractivity contribution in [1.82, 2.24) is 10.9 Å². The van der Waals surface area contributed by atoms with Gasteiger partial charge in [0.25, 0.3) is 5.91 Å². The molecule has 7 heteroatoms. The molecule has 2 N–H and O–H groups in total. The van der Waals surface area contributed by atoms with Crippen molar-refractivity contribution in [3.63, 3.8) is 0 Å². The van der Waals surface area contributed by atoms with Crippen LogP contribution in [0.5, 0.6) is 11.5 Å². The molecule has 0 saturated heterocycles. The first kappa shape index (κ1) is 16.2. The molecule has 124 valence electrons. The lowest BCUT2D eigenvalue weighted by Crippen LogP contribution is -2.42. The summed E-state index contributed by atoms with van der Waals surface area (Å²) in [7, 11) is 0. The molecule has 0 saturated carbocycles. The van der Waals surface area contributed by atoms with Gasteiger partial charge in [0.15, 0.2) is 11.5 Å². The topological polar surface area (TPSA) is 76.7 Å². The Morgan fingerprint density at radius 1 is 1.00 bits per heavy atom. The van der Waals surface area contributed by atoms with Crippen molar-refractivity contribution in [3.05, 3.63) is 59.7 Å². The first-order valence-corrected chi connectivity index (χ1v) is 8.48. The van der Waals surface area contributed by atoms with Crippen LogP contribution in [0.2, 0.25) is 0 Å². The molecule has 6 nitrogen and oxygen atoms in total. The summed E-state index contributed by atoms with van der Waals surface area (Å²) in [4.78, 5) is 23.8. The third-order valence-electron chi connectivity index (χ3n) is 3.29. The molecule has 0 bridgehead atoms. The number of ether oxygens (including phenoxy) is 2. The molecular formula is C17H16N2O4S. The number of carbonyl (C=O) groups excluding carboxylic acids is 2. The van der Waals surface area contributed by atoms with Crippen LogP contribution in [-0.2, 0) is 10.5 Å². The number of rotatable bonds is 5. The maximum Gasteiger partial charge on any atom is 0.269 e. The fraction of sp³-hybridized carbons (Fsp3) is 0.176. The SMILES string of the molecule is O=C(CSCc1ccccc1)NNC(=O)c1ccc2c(c1)OCO2. The molecule has 1 heterocycles. The van der Waals surface area contributed by atoms with Crippen molar-refractivity contribution >= 4 is 23.6 Å². The number of benzene rings is 2. The van der Waals surface area contributed by atoms with Crippen LogP contribution in [0.3, 0.4) is 0 Å². The highest BCUT2D eigenvalue weighted by atomic mass is 32.2. The first-order valence-electron chi connectivity index (χ1n) is 7.33. The summed E-state index contributed by atoms with van der Waals surface area (Å²) < 4.78 is 10.4. The highest BCUT2D eigenvalue weighted by Gasteiger charge is 2.16. The summed E-state index contributed by atoms with van der Waals surface area (Å²) >= 11 is 1.48. The van der Waals surface area contributed by atoms with Gasteiger partial charge in [-0.2, -0.15) is 0 Å². The average Bonchev–Trinajstić information content (AvgIpc) is 3.08. The van der Waals surface area contributed by atoms with E-state index in [0.717, 1.165) is 11.3 Å². The van der Waals surface area contributed by atoms with Crippen LogP contribution in [0.4, 0.5) is 0 Å². The lowest BCUT2D eigenvalue weighted by atomic mass is 10.2. The molecule has 24 heavy (non-hydrogen) atoms. The molecule has 0 atom stereocenters. The number of amides is 2. The monoisotopic (exact) mass is 344 g/mol. The largest absolute Gasteiger partial charge is 0.454 e. The fourth-order valence-electron chi connectivity index (χ4n) is 2.11. The van der Waals surface area contributed by atoms with Crippen molar-refractivity contribution in [3.8, 4) is 11.5 Å². The van der Waals surface area contributed by atoms with E-state index in [-0.39, 0.29) is 18.5 Å². The second kappa shape index (κ2) is 7.74. The maximum atomic E-state index is 12.0. The van der Waals surface area contributed by atoms with E-state index >= 15 is 0 Å². The molecule has 0 radical (unpaired) electrons. The van der Waals surface area contributed by atoms with Crippen molar-refractivity contribution in [2.75, 3.05) is 12.5 Å². The lowest BCUT2D eigenvalue weighted by Gasteiger charge is -2.08. The molecule has 0 aliphatic carbocycles. The second-order valence-corrected chi connectivity index (χ2v) is 6.03. The van der Waals surface area contributed by atoms with Crippen LogP contribution in [-0.4, -0.2) is 24.4 Å². The van der Waals surface area contributed by atoms with Gasteiger partial charge in [-0.3, -0.25) is 20.4 Å². The standard InChI is InChI=1S/C17H16N2O4S/c20-16(10-24-9-12-4-2-1-3-5-12)18-19-17(21)13-6-7-14-15(8-13)23-11-22-14/h1-8H,9-11H2,(H,18,20)(H,19,21). The van der Waals surface area contributed by atoms with E-state index in [1.807, 2.05) is 30.3 Å². The predicted octanol–water partition coefficient (Wildman–Crippen LogP) is 2.11. The number of hydrazine groups is 1. The Bertz CT molecular complexity index is 737. The number of carbonyl (C=O) groups is 2. The molecule has 2 aromatic carbocycles. The van der Waals surface area contributed by atoms with E-state index in [9.17, 15) is 9.59 Å². The normalized spacial score (nSPS) is 11.8. The van der Waals surface area contributed by atoms with Gasteiger partial charge in [-0.1, -0.05) is 30.3 Å². The molecule has 2 amide bonds. The first-order chi connectivity index (χ1) is 11.7. The van der Waals surface area contributed by atoms with E-state index in [0.29, 0.717) is 17.1 Å². The summed E-state index contributed by atoms with van der Waals surface area (Å²) in [6.45, 7) is 0.149. The zero-order valence-electron chi connectivity index (χ0n) is 12.8. The van der Waals surface area contributed by atoms with Gasteiger partial charge in [0.05, 0.1) is 5.75 Å². The number of thioether (sulfide) groups is 1. The Balaban J connectivity index is 1.41. The third kappa shape index (κ3) is 4.20. The quantitative estimate of drug-likeness (QED) is 0.813. The Kier molecular flexibility index (Phi) is 5.22. The van der Waals surface area contributed by atoms with Gasteiger partial charge in [0, 0.05) is 11.3 Å². The molecule has 0 unspecified atom stereocenters. The van der Waals surface area contributed by atoms with Crippen LogP contribution in [0, 0.1) is 0 Å².